The molecule has 3 amide bonds. The number of ether oxygens (including phenoxy) is 3. The zero-order valence-electron chi connectivity index (χ0n) is 25.3. The summed E-state index contributed by atoms with van der Waals surface area (Å²) in [7, 11) is 1.33. The van der Waals surface area contributed by atoms with Crippen molar-refractivity contribution in [2.24, 2.45) is 0 Å². The fourth-order valence-corrected chi connectivity index (χ4v) is 6.33. The molecule has 234 valence electrons. The number of aliphatic carboxylic acids is 1. The fourth-order valence-electron chi connectivity index (χ4n) is 5.07. The molecule has 1 saturated carbocycles. The maximum atomic E-state index is 14.1. The Balaban J connectivity index is 1.57. The van der Waals surface area contributed by atoms with Crippen LogP contribution in [0.5, 0.6) is 0 Å². The van der Waals surface area contributed by atoms with Crippen LogP contribution >= 0.6 is 11.3 Å². The summed E-state index contributed by atoms with van der Waals surface area (Å²) in [5, 5.41) is 12.5. The quantitative estimate of drug-likeness (QED) is 0.363. The number of carbonyl (C=O) groups excluding carboxylic acids is 3. The highest BCUT2D eigenvalue weighted by Gasteiger charge is 2.45. The molecule has 2 aliphatic rings. The molecule has 2 N–H and O–H groups in total. The molecule has 4 rings (SSSR count). The number of alkyl carbamates (subject to hydrolysis) is 1. The van der Waals surface area contributed by atoms with Crippen molar-refractivity contribution in [1.29, 1.82) is 0 Å². The van der Waals surface area contributed by atoms with Crippen LogP contribution in [0, 0.1) is 0 Å². The summed E-state index contributed by atoms with van der Waals surface area (Å²) in [6, 6.07) is 11.8. The summed E-state index contributed by atoms with van der Waals surface area (Å²) < 4.78 is 15.9. The van der Waals surface area contributed by atoms with Crippen LogP contribution in [0.15, 0.2) is 36.4 Å². The Labute approximate surface area is 256 Å². The van der Waals surface area contributed by atoms with Crippen LogP contribution in [0.25, 0.3) is 10.4 Å². The molecule has 0 spiro atoms. The van der Waals surface area contributed by atoms with Gasteiger partial charge in [-0.15, -0.1) is 11.3 Å². The summed E-state index contributed by atoms with van der Waals surface area (Å²) in [5.41, 5.74) is 1.41. The van der Waals surface area contributed by atoms with Gasteiger partial charge in [0.1, 0.15) is 5.60 Å². The van der Waals surface area contributed by atoms with Crippen molar-refractivity contribution in [3.8, 4) is 10.4 Å². The van der Waals surface area contributed by atoms with Gasteiger partial charge in [-0.3, -0.25) is 4.79 Å². The number of benzene rings is 1. The normalized spacial score (nSPS) is 19.3. The fraction of sp³-hybridized carbons (Fsp3) is 0.548. The van der Waals surface area contributed by atoms with E-state index < -0.39 is 36.0 Å². The van der Waals surface area contributed by atoms with Gasteiger partial charge in [-0.25, -0.2) is 14.4 Å². The lowest BCUT2D eigenvalue weighted by atomic mass is 10.0. The zero-order valence-corrected chi connectivity index (χ0v) is 26.1. The number of nitrogens with zero attached hydrogens (tertiary/aromatic N) is 2. The van der Waals surface area contributed by atoms with Crippen molar-refractivity contribution >= 4 is 35.4 Å². The molecule has 11 nitrogen and oxygen atoms in total. The van der Waals surface area contributed by atoms with E-state index in [1.807, 2.05) is 37.3 Å². The lowest BCUT2D eigenvalue weighted by Crippen LogP contribution is -2.58. The lowest BCUT2D eigenvalue weighted by Gasteiger charge is -2.39. The smallest absolute Gasteiger partial charge is 0.410 e. The predicted molar refractivity (Wildman–Crippen MR) is 161 cm³/mol. The first-order valence-corrected chi connectivity index (χ1v) is 15.4. The molecule has 0 bridgehead atoms. The summed E-state index contributed by atoms with van der Waals surface area (Å²) in [6.07, 6.45) is -0.534. The second kappa shape index (κ2) is 13.8. The zero-order chi connectivity index (χ0) is 31.3. The van der Waals surface area contributed by atoms with E-state index >= 15 is 0 Å². The average molecular weight is 616 g/mol. The highest BCUT2D eigenvalue weighted by Crippen LogP contribution is 2.42. The van der Waals surface area contributed by atoms with Crippen molar-refractivity contribution < 1.29 is 38.5 Å². The number of thiophene rings is 1. The Morgan fingerprint density at radius 1 is 1.14 bits per heavy atom. The number of rotatable bonds is 10. The number of hydrogen-bond acceptors (Lipinski definition) is 8. The van der Waals surface area contributed by atoms with Crippen LogP contribution in [0.1, 0.15) is 63.4 Å². The number of methoxy groups -OCH3 is 1. The van der Waals surface area contributed by atoms with Crippen LogP contribution in [0.2, 0.25) is 0 Å². The first kappa shape index (κ1) is 32.3. The van der Waals surface area contributed by atoms with E-state index in [1.54, 1.807) is 37.0 Å². The molecule has 0 unspecified atom stereocenters. The maximum Gasteiger partial charge on any atom is 0.410 e. The number of carboxylic acids is 1. The Hall–Kier alpha value is -3.64. The average Bonchev–Trinajstić information content (AvgIpc) is 3.71. The van der Waals surface area contributed by atoms with Crippen LogP contribution in [0.3, 0.4) is 0 Å². The largest absolute Gasteiger partial charge is 0.479 e. The van der Waals surface area contributed by atoms with E-state index in [4.69, 9.17) is 9.47 Å². The minimum atomic E-state index is -1.34. The highest BCUT2D eigenvalue weighted by molar-refractivity contribution is 7.15. The number of nitrogens with one attached hydrogen (secondary N) is 1. The van der Waals surface area contributed by atoms with Crippen molar-refractivity contribution in [1.82, 2.24) is 15.1 Å². The number of carbonyl (C=O) groups is 4. The predicted octanol–water partition coefficient (Wildman–Crippen LogP) is 4.84. The van der Waals surface area contributed by atoms with E-state index in [2.05, 4.69) is 16.1 Å². The lowest BCUT2D eigenvalue weighted by molar-refractivity contribution is -0.173. The molecular weight excluding hydrogens is 574 g/mol. The molecule has 12 heteroatoms. The molecule has 0 radical (unpaired) electrons. The topological polar surface area (TPSA) is 135 Å². The van der Waals surface area contributed by atoms with Crippen molar-refractivity contribution in [2.75, 3.05) is 26.7 Å². The number of hydrogen-bond donors (Lipinski definition) is 2. The Morgan fingerprint density at radius 3 is 2.42 bits per heavy atom. The van der Waals surface area contributed by atoms with Crippen LogP contribution in [-0.2, 0) is 30.2 Å². The molecule has 1 aromatic heterocycles. The maximum absolute atomic E-state index is 14.1. The molecule has 43 heavy (non-hydrogen) atoms. The molecule has 1 aromatic carbocycles. The molecule has 2 heterocycles. The van der Waals surface area contributed by atoms with E-state index in [0.717, 1.165) is 33.7 Å². The van der Waals surface area contributed by atoms with Gasteiger partial charge in [0, 0.05) is 22.3 Å². The first-order chi connectivity index (χ1) is 20.4. The van der Waals surface area contributed by atoms with Crippen LogP contribution in [-0.4, -0.2) is 89.6 Å². The Bertz CT molecular complexity index is 1300. The van der Waals surface area contributed by atoms with Gasteiger partial charge in [0.2, 0.25) is 0 Å². The number of aryl methyl sites for hydroxylation is 1. The first-order valence-electron chi connectivity index (χ1n) is 14.6. The van der Waals surface area contributed by atoms with E-state index in [9.17, 15) is 24.3 Å². The number of amides is 3. The van der Waals surface area contributed by atoms with Gasteiger partial charge in [-0.2, -0.15) is 0 Å². The summed E-state index contributed by atoms with van der Waals surface area (Å²) >= 11 is 1.62. The molecule has 1 saturated heterocycles. The second-order valence-electron chi connectivity index (χ2n) is 11.9. The van der Waals surface area contributed by atoms with Gasteiger partial charge < -0.3 is 34.4 Å². The summed E-state index contributed by atoms with van der Waals surface area (Å²) in [6.45, 7) is 7.34. The molecule has 2 fully saturated rings. The SMILES string of the molecule is COC(=O)NCCCc1cc([C@@H](C)N(C(=O)[C@H]2CN(C(=O)OC(C)(C)C)C[C@@H](C(=O)O)O2)C2CC2)sc1-c1ccccc1. The summed E-state index contributed by atoms with van der Waals surface area (Å²) in [4.78, 5) is 55.5. The Kier molecular flexibility index (Phi) is 10.3. The number of morpholine rings is 1. The van der Waals surface area contributed by atoms with Gasteiger partial charge >= 0.3 is 18.2 Å². The Morgan fingerprint density at radius 2 is 1.81 bits per heavy atom. The molecule has 1 aliphatic heterocycles. The third-order valence-corrected chi connectivity index (χ3v) is 8.67. The molecular formula is C31H41N3O8S. The van der Waals surface area contributed by atoms with Gasteiger partial charge in [-0.1, -0.05) is 30.3 Å². The number of carboxylic acid groups (broad SMARTS) is 1. The van der Waals surface area contributed by atoms with Gasteiger partial charge in [0.05, 0.1) is 26.2 Å². The van der Waals surface area contributed by atoms with Gasteiger partial charge in [0.25, 0.3) is 5.91 Å². The molecule has 3 atom stereocenters. The van der Waals surface area contributed by atoms with E-state index in [0.29, 0.717) is 19.4 Å². The van der Waals surface area contributed by atoms with Crippen LogP contribution in [0.4, 0.5) is 9.59 Å². The van der Waals surface area contributed by atoms with Crippen molar-refractivity contribution in [3.05, 3.63) is 46.8 Å². The van der Waals surface area contributed by atoms with E-state index in [1.165, 1.54) is 12.0 Å². The van der Waals surface area contributed by atoms with Gasteiger partial charge in [-0.05, 0) is 70.6 Å². The minimum absolute atomic E-state index is 0.00117. The second-order valence-corrected chi connectivity index (χ2v) is 13.0. The van der Waals surface area contributed by atoms with Crippen molar-refractivity contribution in [3.63, 3.8) is 0 Å². The molecule has 1 aliphatic carbocycles. The third-order valence-electron chi connectivity index (χ3n) is 7.27. The standard InChI is InChI=1S/C31H41N3O8S/c1-19(25-16-21(12-9-15-32-29(38)40-5)26(43-25)20-10-7-6-8-11-20)34(22-13-14-22)27(35)23-17-33(18-24(41-23)28(36)37)30(39)42-31(2,3)4/h6-8,10-11,16,19,22-24H,9,12-15,17-18H2,1-5H3,(H,32,38)(H,36,37)/t19-,23-,24+/m1/s1. The van der Waals surface area contributed by atoms with E-state index in [-0.39, 0.29) is 31.1 Å². The molecule has 2 aromatic rings. The highest BCUT2D eigenvalue weighted by atomic mass is 32.1. The summed E-state index contributed by atoms with van der Waals surface area (Å²) in [5.74, 6) is -1.58. The third kappa shape index (κ3) is 8.47. The monoisotopic (exact) mass is 615 g/mol. The van der Waals surface area contributed by atoms with Crippen molar-refractivity contribution in [2.45, 2.75) is 83.3 Å². The van der Waals surface area contributed by atoms with Crippen LogP contribution < -0.4 is 5.32 Å². The minimum Gasteiger partial charge on any atom is -0.479 e. The van der Waals surface area contributed by atoms with Gasteiger partial charge in [0.15, 0.2) is 12.2 Å².